The van der Waals surface area contributed by atoms with Gasteiger partial charge in [0.05, 0.1) is 10.7 Å². The molecule has 3 aromatic rings. The summed E-state index contributed by atoms with van der Waals surface area (Å²) in [5.74, 6) is -0.740. The van der Waals surface area contributed by atoms with E-state index in [1.165, 1.54) is 12.1 Å². The number of aryl methyl sites for hydroxylation is 2. The molecular formula is C38H50ClN3O5. The number of amides is 3. The van der Waals surface area contributed by atoms with E-state index in [1.54, 1.807) is 43.9 Å². The van der Waals surface area contributed by atoms with Crippen LogP contribution in [-0.4, -0.2) is 46.1 Å². The smallest absolute Gasteiger partial charge is 0.408 e. The van der Waals surface area contributed by atoms with Crippen LogP contribution in [0.15, 0.2) is 66.7 Å². The molecule has 0 aliphatic rings. The second kappa shape index (κ2) is 17.8. The maximum absolute atomic E-state index is 14.8. The third-order valence-corrected chi connectivity index (χ3v) is 8.20. The van der Waals surface area contributed by atoms with E-state index in [0.29, 0.717) is 29.2 Å². The number of rotatable bonds is 15. The van der Waals surface area contributed by atoms with E-state index in [-0.39, 0.29) is 12.2 Å². The number of ether oxygens (including phenoxy) is 1. The van der Waals surface area contributed by atoms with Crippen LogP contribution in [0.1, 0.15) is 95.0 Å². The van der Waals surface area contributed by atoms with Crippen LogP contribution in [-0.2, 0) is 27.2 Å². The maximum atomic E-state index is 14.8. The van der Waals surface area contributed by atoms with Crippen LogP contribution in [0.5, 0.6) is 5.75 Å². The van der Waals surface area contributed by atoms with Crippen molar-refractivity contribution in [1.29, 1.82) is 0 Å². The molecule has 0 aromatic heterocycles. The van der Waals surface area contributed by atoms with Crippen LogP contribution in [0.3, 0.4) is 0 Å². The highest BCUT2D eigenvalue weighted by Gasteiger charge is 2.36. The zero-order valence-electron chi connectivity index (χ0n) is 28.6. The fourth-order valence-electron chi connectivity index (χ4n) is 5.36. The highest BCUT2D eigenvalue weighted by atomic mass is 35.5. The van der Waals surface area contributed by atoms with Crippen molar-refractivity contribution < 1.29 is 24.2 Å². The highest BCUT2D eigenvalue weighted by Crippen LogP contribution is 2.30. The molecule has 0 heterocycles. The SMILES string of the molecule is CCCCCCCN(C(=O)C(Cc1ccc(O)cc1)NC(=O)OC(C)(C)C)C(C(=O)Nc1c(C)cccc1Cl)c1ccc(CC)cc1. The van der Waals surface area contributed by atoms with E-state index in [9.17, 15) is 19.5 Å². The second-order valence-corrected chi connectivity index (χ2v) is 13.3. The molecule has 3 aromatic carbocycles. The van der Waals surface area contributed by atoms with Crippen molar-refractivity contribution in [3.63, 3.8) is 0 Å². The first-order valence-corrected chi connectivity index (χ1v) is 16.9. The largest absolute Gasteiger partial charge is 0.508 e. The third kappa shape index (κ3) is 11.6. The standard InChI is InChI=1S/C38H50ClN3O5/c1-7-9-10-11-12-24-42(36(45)32(40-37(46)47-38(4,5)6)25-28-18-22-30(43)23-19-28)34(29-20-16-27(8-2)17-21-29)35(44)41-33-26(3)14-13-15-31(33)39/h13-23,32,34,43H,7-12,24-25H2,1-6H3,(H,40,46)(H,41,44). The lowest BCUT2D eigenvalue weighted by Gasteiger charge is -2.35. The Kier molecular flexibility index (Phi) is 14.1. The van der Waals surface area contributed by atoms with Gasteiger partial charge in [-0.25, -0.2) is 4.79 Å². The molecule has 0 spiro atoms. The second-order valence-electron chi connectivity index (χ2n) is 12.9. The van der Waals surface area contributed by atoms with Crippen LogP contribution >= 0.6 is 11.6 Å². The average Bonchev–Trinajstić information content (AvgIpc) is 3.02. The maximum Gasteiger partial charge on any atom is 0.408 e. The summed E-state index contributed by atoms with van der Waals surface area (Å²) < 4.78 is 5.55. The molecule has 47 heavy (non-hydrogen) atoms. The number of hydrogen-bond donors (Lipinski definition) is 3. The average molecular weight is 664 g/mol. The van der Waals surface area contributed by atoms with Gasteiger partial charge in [-0.1, -0.05) is 99.7 Å². The van der Waals surface area contributed by atoms with Gasteiger partial charge in [0, 0.05) is 13.0 Å². The Hall–Kier alpha value is -4.04. The number of unbranched alkanes of at least 4 members (excludes halogenated alkanes) is 4. The van der Waals surface area contributed by atoms with Crippen LogP contribution in [0.25, 0.3) is 0 Å². The first-order valence-electron chi connectivity index (χ1n) is 16.6. The first-order chi connectivity index (χ1) is 22.3. The number of carbonyl (C=O) groups is 3. The van der Waals surface area contributed by atoms with Crippen molar-refractivity contribution in [3.8, 4) is 5.75 Å². The van der Waals surface area contributed by atoms with Gasteiger partial charge in [-0.2, -0.15) is 0 Å². The van der Waals surface area contributed by atoms with E-state index < -0.39 is 35.6 Å². The summed E-state index contributed by atoms with van der Waals surface area (Å²) in [7, 11) is 0. The predicted molar refractivity (Wildman–Crippen MR) is 189 cm³/mol. The van der Waals surface area contributed by atoms with Gasteiger partial charge < -0.3 is 25.4 Å². The Morgan fingerprint density at radius 2 is 1.53 bits per heavy atom. The van der Waals surface area contributed by atoms with Crippen molar-refractivity contribution in [1.82, 2.24) is 10.2 Å². The fourth-order valence-corrected chi connectivity index (χ4v) is 5.63. The summed E-state index contributed by atoms with van der Waals surface area (Å²) in [5.41, 5.74) is 2.96. The van der Waals surface area contributed by atoms with Gasteiger partial charge in [0.1, 0.15) is 23.4 Å². The zero-order chi connectivity index (χ0) is 34.6. The van der Waals surface area contributed by atoms with Gasteiger partial charge in [-0.15, -0.1) is 0 Å². The van der Waals surface area contributed by atoms with Gasteiger partial charge in [0.25, 0.3) is 5.91 Å². The number of aromatic hydroxyl groups is 1. The number of hydrogen-bond acceptors (Lipinski definition) is 5. The topological polar surface area (TPSA) is 108 Å². The summed E-state index contributed by atoms with van der Waals surface area (Å²) in [6.45, 7) is 11.6. The highest BCUT2D eigenvalue weighted by molar-refractivity contribution is 6.34. The molecule has 2 atom stereocenters. The molecule has 3 rings (SSSR count). The number of alkyl carbamates (subject to hydrolysis) is 1. The summed E-state index contributed by atoms with van der Waals surface area (Å²) in [4.78, 5) is 43.8. The molecular weight excluding hydrogens is 614 g/mol. The summed E-state index contributed by atoms with van der Waals surface area (Å²) in [6, 6.07) is 17.5. The molecule has 0 saturated heterocycles. The number of halogens is 1. The van der Waals surface area contributed by atoms with Gasteiger partial charge in [-0.05, 0) is 81.0 Å². The third-order valence-electron chi connectivity index (χ3n) is 7.88. The predicted octanol–water partition coefficient (Wildman–Crippen LogP) is 8.53. The molecule has 9 heteroatoms. The minimum Gasteiger partial charge on any atom is -0.508 e. The van der Waals surface area contributed by atoms with E-state index >= 15 is 0 Å². The number of phenolic OH excluding ortho intramolecular Hbond substituents is 1. The lowest BCUT2D eigenvalue weighted by atomic mass is 9.98. The van der Waals surface area contributed by atoms with E-state index in [2.05, 4.69) is 24.5 Å². The Morgan fingerprint density at radius 1 is 0.894 bits per heavy atom. The van der Waals surface area contributed by atoms with Crippen LogP contribution in [0.2, 0.25) is 5.02 Å². The first kappa shape index (κ1) is 37.4. The lowest BCUT2D eigenvalue weighted by Crippen LogP contribution is -2.53. The molecule has 0 aliphatic carbocycles. The van der Waals surface area contributed by atoms with Gasteiger partial charge >= 0.3 is 6.09 Å². The molecule has 254 valence electrons. The number of nitrogens with zero attached hydrogens (tertiary/aromatic N) is 1. The molecule has 0 saturated carbocycles. The Bertz CT molecular complexity index is 1450. The van der Waals surface area contributed by atoms with Gasteiger partial charge in [0.15, 0.2) is 0 Å². The molecule has 3 amide bonds. The number of carbonyl (C=O) groups excluding carboxylic acids is 3. The normalized spacial score (nSPS) is 12.6. The molecule has 0 radical (unpaired) electrons. The summed E-state index contributed by atoms with van der Waals surface area (Å²) >= 11 is 6.53. The van der Waals surface area contributed by atoms with E-state index in [1.807, 2.05) is 43.3 Å². The van der Waals surface area contributed by atoms with Crippen molar-refractivity contribution in [3.05, 3.63) is 94.0 Å². The minimum absolute atomic E-state index is 0.0903. The van der Waals surface area contributed by atoms with Gasteiger partial charge in [0.2, 0.25) is 5.91 Å². The Labute approximate surface area is 284 Å². The molecule has 3 N–H and O–H groups in total. The van der Waals surface area contributed by atoms with Crippen LogP contribution in [0.4, 0.5) is 10.5 Å². The minimum atomic E-state index is -1.06. The van der Waals surface area contributed by atoms with Crippen molar-refractivity contribution in [2.24, 2.45) is 0 Å². The van der Waals surface area contributed by atoms with Gasteiger partial charge in [-0.3, -0.25) is 9.59 Å². The van der Waals surface area contributed by atoms with Crippen molar-refractivity contribution >= 4 is 35.2 Å². The van der Waals surface area contributed by atoms with E-state index in [4.69, 9.17) is 16.3 Å². The quantitative estimate of drug-likeness (QED) is 0.141. The monoisotopic (exact) mass is 663 g/mol. The molecule has 0 fully saturated rings. The van der Waals surface area contributed by atoms with E-state index in [0.717, 1.165) is 48.8 Å². The number of para-hydroxylation sites is 1. The molecule has 0 aliphatic heterocycles. The Balaban J connectivity index is 2.10. The zero-order valence-corrected chi connectivity index (χ0v) is 29.3. The fraction of sp³-hybridized carbons (Fsp3) is 0.447. The summed E-state index contributed by atoms with van der Waals surface area (Å²) in [5, 5.41) is 16.1. The van der Waals surface area contributed by atoms with Crippen molar-refractivity contribution in [2.45, 2.75) is 104 Å². The van der Waals surface area contributed by atoms with Crippen LogP contribution in [0, 0.1) is 6.92 Å². The van der Waals surface area contributed by atoms with Crippen molar-refractivity contribution in [2.75, 3.05) is 11.9 Å². The number of anilines is 1. The van der Waals surface area contributed by atoms with Crippen LogP contribution < -0.4 is 10.6 Å². The number of benzene rings is 3. The lowest BCUT2D eigenvalue weighted by molar-refractivity contribution is -0.140. The molecule has 0 bridgehead atoms. The molecule has 8 nitrogen and oxygen atoms in total. The Morgan fingerprint density at radius 3 is 2.13 bits per heavy atom. The summed E-state index contributed by atoms with van der Waals surface area (Å²) in [6.07, 6.45) is 4.92. The number of phenols is 1. The molecule has 2 unspecified atom stereocenters. The number of nitrogens with one attached hydrogen (secondary N) is 2.